The number of amides is 10. The third kappa shape index (κ3) is 21.6. The van der Waals surface area contributed by atoms with Crippen molar-refractivity contribution in [2.24, 2.45) is 11.5 Å². The lowest BCUT2D eigenvalue weighted by molar-refractivity contribution is -0.143. The van der Waals surface area contributed by atoms with Crippen molar-refractivity contribution < 1.29 is 78.3 Å². The zero-order valence-corrected chi connectivity index (χ0v) is 44.5. The molecule has 0 radical (unpaired) electrons. The summed E-state index contributed by atoms with van der Waals surface area (Å²) in [5, 5.41) is 71.5. The number of hydrogen-bond donors (Lipinski definition) is 16. The van der Waals surface area contributed by atoms with E-state index < -0.39 is 157 Å². The highest BCUT2D eigenvalue weighted by Crippen LogP contribution is 2.20. The van der Waals surface area contributed by atoms with Crippen LogP contribution in [0.4, 0.5) is 0 Å². The molecule has 0 aliphatic carbocycles. The fraction of sp³-hybridized carbons (Fsp3) is 0.549. The minimum absolute atomic E-state index is 0.0150. The average Bonchev–Trinajstić information content (AvgIpc) is 3.93. The van der Waals surface area contributed by atoms with Crippen molar-refractivity contribution in [2.45, 2.75) is 145 Å². The van der Waals surface area contributed by atoms with E-state index >= 15 is 0 Å². The number of likely N-dealkylation sites (tertiary alicyclic amines) is 1. The van der Waals surface area contributed by atoms with Crippen LogP contribution in [0.25, 0.3) is 0 Å². The van der Waals surface area contributed by atoms with Gasteiger partial charge < -0.3 is 89.8 Å². The lowest BCUT2D eigenvalue weighted by Gasteiger charge is -2.31. The molecule has 28 nitrogen and oxygen atoms in total. The molecule has 12 atom stereocenters. The molecular weight excluding hydrogens is 1040 g/mol. The molecule has 10 amide bonds. The number of aliphatic carboxylic acids is 1. The van der Waals surface area contributed by atoms with E-state index in [9.17, 15) is 78.3 Å². The molecule has 0 spiro atoms. The van der Waals surface area contributed by atoms with Gasteiger partial charge in [0, 0.05) is 19.4 Å². The number of aliphatic hydroxyl groups is 4. The van der Waals surface area contributed by atoms with Crippen molar-refractivity contribution in [1.82, 2.24) is 52.8 Å². The Labute approximate surface area is 456 Å². The topological polar surface area (TPSA) is 452 Å². The Kier molecular flexibility index (Phi) is 27.4. The summed E-state index contributed by atoms with van der Waals surface area (Å²) in [6.45, 7) is 2.64. The second-order valence-corrected chi connectivity index (χ2v) is 19.1. The summed E-state index contributed by atoms with van der Waals surface area (Å²) in [5.74, 6) is -10.6. The summed E-state index contributed by atoms with van der Waals surface area (Å²) >= 11 is 0. The molecule has 1 heterocycles. The Morgan fingerprint density at radius 1 is 0.582 bits per heavy atom. The normalized spacial score (nSPS) is 17.2. The van der Waals surface area contributed by atoms with Crippen LogP contribution in [0.15, 0.2) is 60.7 Å². The van der Waals surface area contributed by atoms with Crippen molar-refractivity contribution >= 4 is 65.0 Å². The van der Waals surface area contributed by atoms with Gasteiger partial charge in [-0.05, 0) is 77.5 Å². The van der Waals surface area contributed by atoms with E-state index in [0.717, 1.165) is 6.92 Å². The molecule has 28 heteroatoms. The number of nitrogens with two attached hydrogens (primary N) is 2. The number of nitrogens with zero attached hydrogens (tertiary/aromatic N) is 1. The molecule has 1 fully saturated rings. The summed E-state index contributed by atoms with van der Waals surface area (Å²) in [7, 11) is 0. The molecule has 3 rings (SSSR count). The molecule has 436 valence electrons. The van der Waals surface area contributed by atoms with Crippen LogP contribution < -0.4 is 59.3 Å². The quantitative estimate of drug-likeness (QED) is 0.0303. The molecular formula is C51H76N12O16. The molecule has 18 N–H and O–H groups in total. The third-order valence-electron chi connectivity index (χ3n) is 12.6. The van der Waals surface area contributed by atoms with Crippen LogP contribution in [0, 0.1) is 0 Å². The SMILES string of the molecule is C[C@H](NC(=O)[C@@H](N)[C@@H](C)O)C(=O)N[C@@H](CO)C(=O)N[C@H](C(=O)NCC(=O)N[C@@H](CCCCN)C(=O)N[C@H](C(=O)N[C@@H](Cc1ccccc1)C(=O)N1CCC[C@H]1C(=O)NCC(=O)N[C@@H](Cc1ccccc1)C(=O)O)[C@@H](C)O)[C@@H](C)O. The number of unbranched alkanes of at least 4 members (excludes halogenated alkanes) is 1. The number of nitrogens with one attached hydrogen (secondary N) is 9. The van der Waals surface area contributed by atoms with Crippen LogP contribution in [-0.2, 0) is 65.6 Å². The Bertz CT molecular complexity index is 2400. The minimum atomic E-state index is -1.77. The molecule has 0 bridgehead atoms. The highest BCUT2D eigenvalue weighted by atomic mass is 16.4. The maximum atomic E-state index is 14.4. The average molecular weight is 1110 g/mol. The smallest absolute Gasteiger partial charge is 0.326 e. The van der Waals surface area contributed by atoms with Crippen LogP contribution in [-0.4, -0.2) is 201 Å². The predicted molar refractivity (Wildman–Crippen MR) is 281 cm³/mol. The van der Waals surface area contributed by atoms with Crippen molar-refractivity contribution in [3.8, 4) is 0 Å². The minimum Gasteiger partial charge on any atom is -0.480 e. The number of aliphatic hydroxyl groups excluding tert-OH is 4. The van der Waals surface area contributed by atoms with Crippen molar-refractivity contribution in [3.05, 3.63) is 71.8 Å². The van der Waals surface area contributed by atoms with E-state index in [2.05, 4.69) is 47.9 Å². The molecule has 2 aromatic rings. The highest BCUT2D eigenvalue weighted by Gasteiger charge is 2.40. The fourth-order valence-electron chi connectivity index (χ4n) is 8.08. The first-order valence-corrected chi connectivity index (χ1v) is 25.8. The van der Waals surface area contributed by atoms with E-state index in [4.69, 9.17) is 11.5 Å². The second-order valence-electron chi connectivity index (χ2n) is 19.1. The zero-order chi connectivity index (χ0) is 58.9. The first-order chi connectivity index (χ1) is 37.4. The van der Waals surface area contributed by atoms with E-state index in [1.165, 1.54) is 25.7 Å². The molecule has 79 heavy (non-hydrogen) atoms. The number of hydrogen-bond acceptors (Lipinski definition) is 17. The van der Waals surface area contributed by atoms with Gasteiger partial charge in [0.15, 0.2) is 0 Å². The van der Waals surface area contributed by atoms with Gasteiger partial charge in [-0.25, -0.2) is 4.79 Å². The number of carbonyl (C=O) groups is 11. The summed E-state index contributed by atoms with van der Waals surface area (Å²) in [5.41, 5.74) is 12.5. The number of carbonyl (C=O) groups excluding carboxylic acids is 10. The number of rotatable bonds is 32. The lowest BCUT2D eigenvalue weighted by atomic mass is 10.0. The summed E-state index contributed by atoms with van der Waals surface area (Å²) in [6.07, 6.45) is -3.45. The number of carboxylic acids is 1. The Morgan fingerprint density at radius 3 is 1.61 bits per heavy atom. The molecule has 1 aliphatic heterocycles. The van der Waals surface area contributed by atoms with Gasteiger partial charge >= 0.3 is 5.97 Å². The molecule has 0 unspecified atom stereocenters. The maximum Gasteiger partial charge on any atom is 0.326 e. The largest absolute Gasteiger partial charge is 0.480 e. The fourth-order valence-corrected chi connectivity index (χ4v) is 8.08. The van der Waals surface area contributed by atoms with Gasteiger partial charge in [0.25, 0.3) is 0 Å². The highest BCUT2D eigenvalue weighted by molar-refractivity contribution is 5.98. The van der Waals surface area contributed by atoms with Crippen LogP contribution >= 0.6 is 0 Å². The van der Waals surface area contributed by atoms with E-state index in [0.29, 0.717) is 24.0 Å². The van der Waals surface area contributed by atoms with Gasteiger partial charge in [0.05, 0.1) is 38.0 Å². The predicted octanol–water partition coefficient (Wildman–Crippen LogP) is -6.22. The first-order valence-electron chi connectivity index (χ1n) is 25.8. The standard InChI is InChI=1S/C51H76N12O16/c1-27(56-47(74)40(53)28(2)65)43(70)60-36(26-64)45(72)61-41(29(3)66)48(75)55-25-38(68)57-33(18-11-12-20-52)44(71)62-42(30(4)67)49(76)59-34(22-31-14-7-5-8-15-31)50(77)63-21-13-19-37(63)46(73)54-24-39(69)58-35(51(78)79)23-32-16-9-6-10-17-32/h5-10,14-17,27-30,33-37,40-42,64-67H,11-13,18-26,52-53H2,1-4H3,(H,54,73)(H,55,75)(H,56,74)(H,57,68)(H,58,69)(H,59,76)(H,60,70)(H,61,72)(H,62,71)(H,78,79)/t27-,28+,29+,30+,33-,34-,35-,36-,37-,40-,41-,42-/m0/s1. The van der Waals surface area contributed by atoms with Crippen molar-refractivity contribution in [1.29, 1.82) is 0 Å². The summed E-state index contributed by atoms with van der Waals surface area (Å²) < 4.78 is 0. The molecule has 2 aromatic carbocycles. The Hall–Kier alpha value is -7.63. The van der Waals surface area contributed by atoms with Crippen LogP contribution in [0.1, 0.15) is 70.9 Å². The Balaban J connectivity index is 1.70. The van der Waals surface area contributed by atoms with E-state index in [1.807, 2.05) is 0 Å². The monoisotopic (exact) mass is 1110 g/mol. The lowest BCUT2D eigenvalue weighted by Crippen LogP contribution is -2.61. The van der Waals surface area contributed by atoms with Gasteiger partial charge in [-0.2, -0.15) is 0 Å². The second kappa shape index (κ2) is 33.0. The van der Waals surface area contributed by atoms with E-state index in [1.54, 1.807) is 60.7 Å². The summed E-state index contributed by atoms with van der Waals surface area (Å²) in [4.78, 5) is 146. The Morgan fingerprint density at radius 2 is 1.09 bits per heavy atom. The van der Waals surface area contributed by atoms with Crippen molar-refractivity contribution in [2.75, 3.05) is 32.8 Å². The van der Waals surface area contributed by atoms with Gasteiger partial charge in [0.1, 0.15) is 54.4 Å². The van der Waals surface area contributed by atoms with Gasteiger partial charge in [0.2, 0.25) is 59.1 Å². The summed E-state index contributed by atoms with van der Waals surface area (Å²) in [6, 6.07) is 4.03. The van der Waals surface area contributed by atoms with Crippen molar-refractivity contribution in [3.63, 3.8) is 0 Å². The van der Waals surface area contributed by atoms with Crippen LogP contribution in [0.3, 0.4) is 0 Å². The zero-order valence-electron chi connectivity index (χ0n) is 44.5. The molecule has 1 aliphatic rings. The maximum absolute atomic E-state index is 14.4. The molecule has 0 aromatic heterocycles. The van der Waals surface area contributed by atoms with E-state index in [-0.39, 0.29) is 45.2 Å². The first kappa shape index (κ1) is 65.7. The van der Waals surface area contributed by atoms with Gasteiger partial charge in [-0.15, -0.1) is 0 Å². The van der Waals surface area contributed by atoms with Crippen LogP contribution in [0.5, 0.6) is 0 Å². The third-order valence-corrected chi connectivity index (χ3v) is 12.6. The molecule has 0 saturated carbocycles. The van der Waals surface area contributed by atoms with Gasteiger partial charge in [-0.1, -0.05) is 60.7 Å². The van der Waals surface area contributed by atoms with Crippen LogP contribution in [0.2, 0.25) is 0 Å². The van der Waals surface area contributed by atoms with Gasteiger partial charge in [-0.3, -0.25) is 47.9 Å². The number of benzene rings is 2. The number of carboxylic acid groups (broad SMARTS) is 1. The molecule has 1 saturated heterocycles.